The van der Waals surface area contributed by atoms with Crippen LogP contribution in [-0.4, -0.2) is 29.1 Å². The number of nitrogens with zero attached hydrogens (tertiary/aromatic N) is 3. The number of hydrogen-bond donors (Lipinski definition) is 2. The van der Waals surface area contributed by atoms with E-state index in [-0.39, 0.29) is 6.01 Å². The minimum Gasteiger partial charge on any atom is -0.467 e. The van der Waals surface area contributed by atoms with E-state index in [1.54, 1.807) is 7.05 Å². The van der Waals surface area contributed by atoms with E-state index in [1.807, 2.05) is 24.3 Å². The zero-order valence-electron chi connectivity index (χ0n) is 10.6. The number of benzene rings is 1. The van der Waals surface area contributed by atoms with Gasteiger partial charge < -0.3 is 15.4 Å². The van der Waals surface area contributed by atoms with Crippen LogP contribution in [0.15, 0.2) is 24.3 Å². The molecule has 1 aromatic carbocycles. The third kappa shape index (κ3) is 3.45. The summed E-state index contributed by atoms with van der Waals surface area (Å²) < 4.78 is 5.00. The highest BCUT2D eigenvalue weighted by molar-refractivity contribution is 6.31. The first-order valence-corrected chi connectivity index (χ1v) is 6.06. The summed E-state index contributed by atoms with van der Waals surface area (Å²) in [6.07, 6.45) is 0. The second-order valence-electron chi connectivity index (χ2n) is 3.66. The maximum Gasteiger partial charge on any atom is 0.322 e. The van der Waals surface area contributed by atoms with Crippen molar-refractivity contribution >= 4 is 23.5 Å². The van der Waals surface area contributed by atoms with Crippen molar-refractivity contribution in [1.29, 1.82) is 0 Å². The van der Waals surface area contributed by atoms with Crippen LogP contribution < -0.4 is 15.4 Å². The highest BCUT2D eigenvalue weighted by Gasteiger charge is 2.06. The third-order valence-electron chi connectivity index (χ3n) is 2.42. The third-order valence-corrected chi connectivity index (χ3v) is 2.78. The summed E-state index contributed by atoms with van der Waals surface area (Å²) in [7, 11) is 3.24. The van der Waals surface area contributed by atoms with Crippen molar-refractivity contribution < 1.29 is 4.74 Å². The van der Waals surface area contributed by atoms with Gasteiger partial charge in [0.15, 0.2) is 0 Å². The van der Waals surface area contributed by atoms with E-state index >= 15 is 0 Å². The average Bonchev–Trinajstić information content (AvgIpc) is 2.46. The SMILES string of the molecule is CNc1nc(NCc2ccccc2Cl)nc(OC)n1. The van der Waals surface area contributed by atoms with Gasteiger partial charge in [0.2, 0.25) is 11.9 Å². The Kier molecular flexibility index (Phi) is 4.35. The lowest BCUT2D eigenvalue weighted by atomic mass is 10.2. The lowest BCUT2D eigenvalue weighted by Gasteiger charge is -2.08. The number of rotatable bonds is 5. The van der Waals surface area contributed by atoms with Crippen LogP contribution >= 0.6 is 11.6 Å². The first kappa shape index (κ1) is 13.4. The first-order chi connectivity index (χ1) is 9.22. The van der Waals surface area contributed by atoms with Crippen molar-refractivity contribution in [3.8, 4) is 6.01 Å². The van der Waals surface area contributed by atoms with Gasteiger partial charge in [0, 0.05) is 18.6 Å². The van der Waals surface area contributed by atoms with E-state index in [4.69, 9.17) is 16.3 Å². The summed E-state index contributed by atoms with van der Waals surface area (Å²) in [5.41, 5.74) is 0.967. The smallest absolute Gasteiger partial charge is 0.322 e. The van der Waals surface area contributed by atoms with Crippen LogP contribution in [0.5, 0.6) is 6.01 Å². The Labute approximate surface area is 116 Å². The molecule has 0 fully saturated rings. The molecule has 0 radical (unpaired) electrons. The Morgan fingerprint density at radius 3 is 2.58 bits per heavy atom. The highest BCUT2D eigenvalue weighted by atomic mass is 35.5. The van der Waals surface area contributed by atoms with Crippen LogP contribution in [0.2, 0.25) is 5.02 Å². The Balaban J connectivity index is 2.13. The van der Waals surface area contributed by atoms with Crippen LogP contribution in [0.3, 0.4) is 0 Å². The number of anilines is 2. The van der Waals surface area contributed by atoms with Crippen LogP contribution in [0.25, 0.3) is 0 Å². The van der Waals surface area contributed by atoms with Gasteiger partial charge in [-0.15, -0.1) is 0 Å². The number of aromatic nitrogens is 3. The van der Waals surface area contributed by atoms with E-state index in [9.17, 15) is 0 Å². The molecule has 0 aliphatic carbocycles. The molecule has 0 aliphatic rings. The fourth-order valence-electron chi connectivity index (χ4n) is 1.45. The zero-order valence-corrected chi connectivity index (χ0v) is 11.4. The van der Waals surface area contributed by atoms with Gasteiger partial charge in [0.05, 0.1) is 7.11 Å². The van der Waals surface area contributed by atoms with Crippen molar-refractivity contribution in [2.45, 2.75) is 6.54 Å². The Morgan fingerprint density at radius 1 is 1.16 bits per heavy atom. The average molecular weight is 280 g/mol. The molecule has 6 nitrogen and oxygen atoms in total. The van der Waals surface area contributed by atoms with E-state index in [1.165, 1.54) is 7.11 Å². The van der Waals surface area contributed by atoms with E-state index in [0.717, 1.165) is 5.56 Å². The minimum atomic E-state index is 0.251. The van der Waals surface area contributed by atoms with Crippen LogP contribution in [0.4, 0.5) is 11.9 Å². The second-order valence-corrected chi connectivity index (χ2v) is 4.07. The molecule has 0 amide bonds. The lowest BCUT2D eigenvalue weighted by molar-refractivity contribution is 0.379. The van der Waals surface area contributed by atoms with Crippen molar-refractivity contribution in [2.75, 3.05) is 24.8 Å². The van der Waals surface area contributed by atoms with Crippen molar-refractivity contribution in [3.05, 3.63) is 34.9 Å². The molecule has 0 aliphatic heterocycles. The largest absolute Gasteiger partial charge is 0.467 e. The van der Waals surface area contributed by atoms with Crippen LogP contribution in [0, 0.1) is 0 Å². The first-order valence-electron chi connectivity index (χ1n) is 5.68. The molecule has 2 aromatic rings. The molecule has 0 saturated carbocycles. The topological polar surface area (TPSA) is 72.0 Å². The van der Waals surface area contributed by atoms with Crippen LogP contribution in [-0.2, 0) is 6.54 Å². The zero-order chi connectivity index (χ0) is 13.7. The molecular formula is C12H14ClN5O. The Morgan fingerprint density at radius 2 is 1.89 bits per heavy atom. The fraction of sp³-hybridized carbons (Fsp3) is 0.250. The monoisotopic (exact) mass is 279 g/mol. The minimum absolute atomic E-state index is 0.251. The normalized spacial score (nSPS) is 10.1. The van der Waals surface area contributed by atoms with Gasteiger partial charge in [-0.1, -0.05) is 29.8 Å². The lowest BCUT2D eigenvalue weighted by Crippen LogP contribution is -2.08. The summed E-state index contributed by atoms with van der Waals surface area (Å²) in [5, 5.41) is 6.63. The van der Waals surface area contributed by atoms with E-state index < -0.39 is 0 Å². The summed E-state index contributed by atoms with van der Waals surface area (Å²) in [6, 6.07) is 7.84. The van der Waals surface area contributed by atoms with Gasteiger partial charge in [0.25, 0.3) is 0 Å². The predicted octanol–water partition coefficient (Wildman–Crippen LogP) is 2.19. The summed E-state index contributed by atoms with van der Waals surface area (Å²) in [6.45, 7) is 0.524. The quantitative estimate of drug-likeness (QED) is 0.874. The molecule has 0 spiro atoms. The van der Waals surface area contributed by atoms with Gasteiger partial charge in [-0.05, 0) is 11.6 Å². The van der Waals surface area contributed by atoms with Crippen molar-refractivity contribution in [3.63, 3.8) is 0 Å². The molecule has 7 heteroatoms. The molecule has 0 saturated heterocycles. The number of methoxy groups -OCH3 is 1. The maximum absolute atomic E-state index is 6.08. The molecular weight excluding hydrogens is 266 g/mol. The van der Waals surface area contributed by atoms with E-state index in [2.05, 4.69) is 25.6 Å². The number of nitrogens with one attached hydrogen (secondary N) is 2. The van der Waals surface area contributed by atoms with Gasteiger partial charge >= 0.3 is 6.01 Å². The standard InChI is InChI=1S/C12H14ClN5O/c1-14-10-16-11(18-12(17-10)19-2)15-7-8-5-3-4-6-9(8)13/h3-6H,7H2,1-2H3,(H2,14,15,16,17,18). The number of halogens is 1. The summed E-state index contributed by atoms with van der Waals surface area (Å²) in [4.78, 5) is 12.3. The molecule has 0 bridgehead atoms. The van der Waals surface area contributed by atoms with Gasteiger partial charge in [-0.25, -0.2) is 0 Å². The van der Waals surface area contributed by atoms with Gasteiger partial charge in [-0.2, -0.15) is 15.0 Å². The van der Waals surface area contributed by atoms with E-state index in [0.29, 0.717) is 23.5 Å². The van der Waals surface area contributed by atoms with Crippen molar-refractivity contribution in [1.82, 2.24) is 15.0 Å². The summed E-state index contributed by atoms with van der Waals surface area (Å²) in [5.74, 6) is 0.865. The molecule has 2 rings (SSSR count). The molecule has 1 heterocycles. The second kappa shape index (κ2) is 6.19. The molecule has 0 atom stereocenters. The molecule has 1 aromatic heterocycles. The number of hydrogen-bond acceptors (Lipinski definition) is 6. The van der Waals surface area contributed by atoms with Gasteiger partial charge in [-0.3, -0.25) is 0 Å². The van der Waals surface area contributed by atoms with Crippen LogP contribution in [0.1, 0.15) is 5.56 Å². The Hall–Kier alpha value is -2.08. The molecule has 19 heavy (non-hydrogen) atoms. The Bertz CT molecular complexity index is 541. The van der Waals surface area contributed by atoms with Crippen molar-refractivity contribution in [2.24, 2.45) is 0 Å². The molecule has 0 unspecified atom stereocenters. The summed E-state index contributed by atoms with van der Waals surface area (Å²) >= 11 is 6.08. The maximum atomic E-state index is 6.08. The molecule has 100 valence electrons. The highest BCUT2D eigenvalue weighted by Crippen LogP contribution is 2.17. The number of ether oxygens (including phenoxy) is 1. The molecule has 2 N–H and O–H groups in total. The predicted molar refractivity (Wildman–Crippen MR) is 74.7 cm³/mol. The fourth-order valence-corrected chi connectivity index (χ4v) is 1.66. The van der Waals surface area contributed by atoms with Gasteiger partial charge in [0.1, 0.15) is 0 Å².